The average Bonchev–Trinajstić information content (AvgIpc) is 2.93. The minimum atomic E-state index is -1.01. The summed E-state index contributed by atoms with van der Waals surface area (Å²) < 4.78 is 0. The van der Waals surface area contributed by atoms with Crippen LogP contribution >= 0.6 is 11.8 Å². The van der Waals surface area contributed by atoms with Gasteiger partial charge in [0, 0.05) is 19.5 Å². The number of carbonyl (C=O) groups is 4. The Bertz CT molecular complexity index is 793. The number of nitrogens with zero attached hydrogens (tertiary/aromatic N) is 2. The number of benzene rings is 1. The third-order valence-corrected chi connectivity index (χ3v) is 5.54. The second kappa shape index (κ2) is 8.39. The van der Waals surface area contributed by atoms with Gasteiger partial charge in [-0.05, 0) is 42.7 Å². The second-order valence-corrected chi connectivity index (χ2v) is 7.42. The van der Waals surface area contributed by atoms with Crippen LogP contribution in [0, 0.1) is 0 Å². The molecule has 3 amide bonds. The summed E-state index contributed by atoms with van der Waals surface area (Å²) in [4.78, 5) is 51.1. The molecule has 1 N–H and O–H groups in total. The maximum Gasteiger partial charge on any atom is 0.326 e. The van der Waals surface area contributed by atoms with Crippen LogP contribution in [0.2, 0.25) is 0 Å². The molecule has 0 aliphatic carbocycles. The standard InChI is InChI=1S/C19H20N2O5S/c22-16(20-10-5-4-8-14(20)18(24)25)9-11-21-17(23)15(27-19(21)26)12-13-6-2-1-3-7-13/h1-3,6-7,12,14H,4-5,8-11H2,(H,24,25). The predicted octanol–water partition coefficient (Wildman–Crippen LogP) is 2.58. The Hall–Kier alpha value is -2.61. The van der Waals surface area contributed by atoms with Gasteiger partial charge in [0.25, 0.3) is 11.1 Å². The highest BCUT2D eigenvalue weighted by Gasteiger charge is 2.37. The van der Waals surface area contributed by atoms with Crippen molar-refractivity contribution in [1.82, 2.24) is 9.80 Å². The van der Waals surface area contributed by atoms with E-state index >= 15 is 0 Å². The highest BCUT2D eigenvalue weighted by molar-refractivity contribution is 8.18. The zero-order valence-corrected chi connectivity index (χ0v) is 15.5. The maximum atomic E-state index is 12.5. The van der Waals surface area contributed by atoms with Crippen molar-refractivity contribution in [2.75, 3.05) is 13.1 Å². The number of carbonyl (C=O) groups excluding carboxylic acids is 3. The first-order valence-electron chi connectivity index (χ1n) is 8.80. The highest BCUT2D eigenvalue weighted by atomic mass is 32.2. The van der Waals surface area contributed by atoms with Gasteiger partial charge in [-0.15, -0.1) is 0 Å². The third kappa shape index (κ3) is 4.39. The van der Waals surface area contributed by atoms with E-state index in [2.05, 4.69) is 0 Å². The van der Waals surface area contributed by atoms with Crippen molar-refractivity contribution in [2.45, 2.75) is 31.7 Å². The topological polar surface area (TPSA) is 95.0 Å². The minimum absolute atomic E-state index is 0.0432. The van der Waals surface area contributed by atoms with Gasteiger partial charge in [0.05, 0.1) is 4.91 Å². The van der Waals surface area contributed by atoms with E-state index in [1.54, 1.807) is 6.08 Å². The van der Waals surface area contributed by atoms with Gasteiger partial charge in [0.15, 0.2) is 0 Å². The van der Waals surface area contributed by atoms with Crippen LogP contribution in [0.4, 0.5) is 4.79 Å². The quantitative estimate of drug-likeness (QED) is 0.779. The monoisotopic (exact) mass is 388 g/mol. The van der Waals surface area contributed by atoms with E-state index in [4.69, 9.17) is 0 Å². The lowest BCUT2D eigenvalue weighted by atomic mass is 10.0. The fraction of sp³-hybridized carbons (Fsp3) is 0.368. The number of carboxylic acid groups (broad SMARTS) is 1. The summed E-state index contributed by atoms with van der Waals surface area (Å²) in [6.45, 7) is 0.351. The summed E-state index contributed by atoms with van der Waals surface area (Å²) >= 11 is 0.849. The lowest BCUT2D eigenvalue weighted by Crippen LogP contribution is -2.48. The van der Waals surface area contributed by atoms with Crippen LogP contribution in [0.3, 0.4) is 0 Å². The van der Waals surface area contributed by atoms with Crippen LogP contribution in [0.5, 0.6) is 0 Å². The molecule has 2 fully saturated rings. The molecule has 1 unspecified atom stereocenters. The minimum Gasteiger partial charge on any atom is -0.480 e. The number of thioether (sulfide) groups is 1. The molecule has 0 bridgehead atoms. The first kappa shape index (κ1) is 19.2. The Morgan fingerprint density at radius 1 is 1.19 bits per heavy atom. The van der Waals surface area contributed by atoms with Gasteiger partial charge in [-0.25, -0.2) is 4.79 Å². The average molecular weight is 388 g/mol. The summed E-state index contributed by atoms with van der Waals surface area (Å²) in [6.07, 6.45) is 3.55. The number of amides is 3. The van der Waals surface area contributed by atoms with Gasteiger partial charge in [-0.3, -0.25) is 19.3 Å². The number of imide groups is 1. The lowest BCUT2D eigenvalue weighted by molar-refractivity contribution is -0.152. The molecule has 0 saturated carbocycles. The van der Waals surface area contributed by atoms with Crippen molar-refractivity contribution < 1.29 is 24.3 Å². The fourth-order valence-corrected chi connectivity index (χ4v) is 4.10. The van der Waals surface area contributed by atoms with Crippen LogP contribution in [-0.4, -0.2) is 57.1 Å². The van der Waals surface area contributed by atoms with Crippen LogP contribution in [0.25, 0.3) is 6.08 Å². The molecule has 2 aliphatic heterocycles. The largest absolute Gasteiger partial charge is 0.480 e. The fourth-order valence-electron chi connectivity index (χ4n) is 3.23. The van der Waals surface area contributed by atoms with Gasteiger partial charge in [-0.2, -0.15) is 0 Å². The van der Waals surface area contributed by atoms with Crippen molar-refractivity contribution in [3.63, 3.8) is 0 Å². The number of hydrogen-bond donors (Lipinski definition) is 1. The summed E-state index contributed by atoms with van der Waals surface area (Å²) in [6, 6.07) is 8.39. The first-order chi connectivity index (χ1) is 13.0. The van der Waals surface area contributed by atoms with Crippen molar-refractivity contribution in [1.29, 1.82) is 0 Å². The molecule has 2 saturated heterocycles. The smallest absolute Gasteiger partial charge is 0.326 e. The van der Waals surface area contributed by atoms with E-state index in [-0.39, 0.29) is 18.9 Å². The molecule has 27 heavy (non-hydrogen) atoms. The molecule has 1 atom stereocenters. The number of likely N-dealkylation sites (tertiary alicyclic amines) is 1. The van der Waals surface area contributed by atoms with Crippen LogP contribution in [0.15, 0.2) is 35.2 Å². The van der Waals surface area contributed by atoms with Gasteiger partial charge < -0.3 is 10.0 Å². The molecule has 3 rings (SSSR count). The molecule has 2 aliphatic rings. The number of piperidine rings is 1. The molecule has 7 nitrogen and oxygen atoms in total. The highest BCUT2D eigenvalue weighted by Crippen LogP contribution is 2.32. The van der Waals surface area contributed by atoms with E-state index in [0.717, 1.165) is 35.1 Å². The first-order valence-corrected chi connectivity index (χ1v) is 9.61. The SMILES string of the molecule is O=C(O)C1CCCCN1C(=O)CCN1C(=O)SC(=Cc2ccccc2)C1=O. The van der Waals surface area contributed by atoms with Crippen molar-refractivity contribution >= 4 is 40.9 Å². The van der Waals surface area contributed by atoms with E-state index in [9.17, 15) is 24.3 Å². The van der Waals surface area contributed by atoms with Gasteiger partial charge in [-0.1, -0.05) is 30.3 Å². The molecule has 0 radical (unpaired) electrons. The second-order valence-electron chi connectivity index (χ2n) is 6.43. The van der Waals surface area contributed by atoms with E-state index < -0.39 is 23.2 Å². The molecule has 8 heteroatoms. The van der Waals surface area contributed by atoms with E-state index in [1.165, 1.54) is 4.90 Å². The zero-order chi connectivity index (χ0) is 19.4. The third-order valence-electron chi connectivity index (χ3n) is 4.63. The molecular weight excluding hydrogens is 368 g/mol. The Balaban J connectivity index is 1.63. The lowest BCUT2D eigenvalue weighted by Gasteiger charge is -2.33. The molecule has 1 aromatic rings. The number of hydrogen-bond acceptors (Lipinski definition) is 5. The van der Waals surface area contributed by atoms with Crippen LogP contribution in [0.1, 0.15) is 31.2 Å². The zero-order valence-electron chi connectivity index (χ0n) is 14.7. The molecule has 0 aromatic heterocycles. The van der Waals surface area contributed by atoms with Gasteiger partial charge in [0.2, 0.25) is 5.91 Å². The Morgan fingerprint density at radius 3 is 2.63 bits per heavy atom. The maximum absolute atomic E-state index is 12.5. The number of aliphatic carboxylic acids is 1. The summed E-state index contributed by atoms with van der Waals surface area (Å²) in [5.41, 5.74) is 0.816. The van der Waals surface area contributed by atoms with Crippen LogP contribution < -0.4 is 0 Å². The van der Waals surface area contributed by atoms with Crippen molar-refractivity contribution in [2.24, 2.45) is 0 Å². The molecule has 142 valence electrons. The molecule has 1 aromatic carbocycles. The Labute approximate surface area is 161 Å². The van der Waals surface area contributed by atoms with Gasteiger partial charge >= 0.3 is 5.97 Å². The van der Waals surface area contributed by atoms with Crippen molar-refractivity contribution in [3.05, 3.63) is 40.8 Å². The van der Waals surface area contributed by atoms with Crippen molar-refractivity contribution in [3.8, 4) is 0 Å². The summed E-state index contributed by atoms with van der Waals surface area (Å²) in [5.74, 6) is -1.77. The van der Waals surface area contributed by atoms with Crippen LogP contribution in [-0.2, 0) is 14.4 Å². The normalized spacial score (nSPS) is 21.8. The Kier molecular flexibility index (Phi) is 5.95. The van der Waals surface area contributed by atoms with Gasteiger partial charge in [0.1, 0.15) is 6.04 Å². The number of carboxylic acids is 1. The van der Waals surface area contributed by atoms with E-state index in [0.29, 0.717) is 17.9 Å². The molecule has 2 heterocycles. The summed E-state index contributed by atoms with van der Waals surface area (Å²) in [7, 11) is 0. The number of rotatable bonds is 5. The molecule has 0 spiro atoms. The predicted molar refractivity (Wildman–Crippen MR) is 101 cm³/mol. The summed E-state index contributed by atoms with van der Waals surface area (Å²) in [5, 5.41) is 8.86. The molecular formula is C19H20N2O5S. The Morgan fingerprint density at radius 2 is 1.93 bits per heavy atom. The van der Waals surface area contributed by atoms with E-state index in [1.807, 2.05) is 30.3 Å².